The molecule has 0 aromatic carbocycles. The Morgan fingerprint density at radius 1 is 1.40 bits per heavy atom. The van der Waals surface area contributed by atoms with Crippen molar-refractivity contribution in [1.82, 2.24) is 0 Å². The van der Waals surface area contributed by atoms with Crippen molar-refractivity contribution in [2.24, 2.45) is 0 Å². The van der Waals surface area contributed by atoms with Crippen LogP contribution < -0.4 is 0 Å². The van der Waals surface area contributed by atoms with E-state index in [1.54, 1.807) is 12.2 Å². The monoisotopic (exact) mass is 220 g/mol. The molecule has 0 aliphatic heterocycles. The van der Waals surface area contributed by atoms with Crippen LogP contribution in [0.15, 0.2) is 12.2 Å². The molecule has 0 fully saturated rings. The van der Waals surface area contributed by atoms with Crippen molar-refractivity contribution in [2.75, 3.05) is 0 Å². The maximum Gasteiger partial charge on any atom is 0.194 e. The van der Waals surface area contributed by atoms with Gasteiger partial charge in [-0.1, -0.05) is 47.0 Å². The molecule has 0 radical (unpaired) electrons. The lowest BCUT2D eigenvalue weighted by Gasteiger charge is -2.05. The second-order valence-electron chi connectivity index (χ2n) is 1.92. The minimum Gasteiger partial charge on any atom is -0.119 e. The van der Waals surface area contributed by atoms with E-state index < -0.39 is 3.79 Å². The third-order valence-electron chi connectivity index (χ3n) is 0.751. The first-order chi connectivity index (χ1) is 4.42. The van der Waals surface area contributed by atoms with Crippen molar-refractivity contribution in [3.63, 3.8) is 0 Å². The lowest BCUT2D eigenvalue weighted by atomic mass is 10.3. The summed E-state index contributed by atoms with van der Waals surface area (Å²) in [6.45, 7) is 1.84. The molecule has 10 heavy (non-hydrogen) atoms. The number of hydrogen-bond acceptors (Lipinski definition) is 0. The highest BCUT2D eigenvalue weighted by molar-refractivity contribution is 6.67. The normalized spacial score (nSPS) is 16.1. The number of alkyl halides is 4. The van der Waals surface area contributed by atoms with E-state index in [1.165, 1.54) is 0 Å². The Morgan fingerprint density at radius 2 is 1.90 bits per heavy atom. The van der Waals surface area contributed by atoms with Gasteiger partial charge in [-0.25, -0.2) is 0 Å². The smallest absolute Gasteiger partial charge is 0.119 e. The maximum atomic E-state index is 5.59. The second-order valence-corrected chi connectivity index (χ2v) is 5.13. The quantitative estimate of drug-likeness (QED) is 0.490. The van der Waals surface area contributed by atoms with Gasteiger partial charge in [0.05, 0.1) is 0 Å². The third-order valence-corrected chi connectivity index (χ3v) is 1.36. The fraction of sp³-hybridized carbons (Fsp3) is 0.667. The first-order valence-corrected chi connectivity index (χ1v) is 4.36. The van der Waals surface area contributed by atoms with Crippen molar-refractivity contribution < 1.29 is 0 Å². The molecule has 60 valence electrons. The van der Waals surface area contributed by atoms with Crippen LogP contribution in [0.1, 0.15) is 13.3 Å². The van der Waals surface area contributed by atoms with Crippen molar-refractivity contribution in [3.8, 4) is 0 Å². The lowest BCUT2D eigenvalue weighted by Crippen LogP contribution is -1.98. The highest BCUT2D eigenvalue weighted by atomic mass is 35.6. The summed E-state index contributed by atoms with van der Waals surface area (Å²) in [7, 11) is 0. The minimum absolute atomic E-state index is 0.00708. The Labute approximate surface area is 81.1 Å². The highest BCUT2D eigenvalue weighted by Gasteiger charge is 2.16. The molecule has 0 aromatic rings. The average Bonchev–Trinajstić information content (AvgIpc) is 1.59. The number of halogens is 4. The summed E-state index contributed by atoms with van der Waals surface area (Å²) in [6, 6.07) is 0. The molecular weight excluding hydrogens is 214 g/mol. The zero-order valence-corrected chi connectivity index (χ0v) is 8.47. The van der Waals surface area contributed by atoms with Gasteiger partial charge in [0.2, 0.25) is 0 Å². The maximum absolute atomic E-state index is 5.59. The molecule has 0 aromatic heterocycles. The molecule has 0 aliphatic rings. The lowest BCUT2D eigenvalue weighted by molar-refractivity contribution is 1.06. The van der Waals surface area contributed by atoms with Crippen LogP contribution in [0.25, 0.3) is 0 Å². The topological polar surface area (TPSA) is 0 Å². The summed E-state index contributed by atoms with van der Waals surface area (Å²) in [4.78, 5) is 0. The Kier molecular flexibility index (Phi) is 5.14. The summed E-state index contributed by atoms with van der Waals surface area (Å²) >= 11 is 21.9. The molecule has 1 unspecified atom stereocenters. The van der Waals surface area contributed by atoms with Crippen LogP contribution in [0.5, 0.6) is 0 Å². The van der Waals surface area contributed by atoms with E-state index in [4.69, 9.17) is 46.4 Å². The summed E-state index contributed by atoms with van der Waals surface area (Å²) in [5, 5.41) is -0.00708. The Hall–Kier alpha value is 0.900. The van der Waals surface area contributed by atoms with Gasteiger partial charge in [-0.3, -0.25) is 0 Å². The van der Waals surface area contributed by atoms with Crippen molar-refractivity contribution >= 4 is 46.4 Å². The van der Waals surface area contributed by atoms with Crippen LogP contribution >= 0.6 is 46.4 Å². The molecule has 4 heteroatoms. The molecule has 0 N–H and O–H groups in total. The number of rotatable bonds is 2. The van der Waals surface area contributed by atoms with Gasteiger partial charge in [-0.15, -0.1) is 11.6 Å². The standard InChI is InChI=1S/C6H8Cl4/c1-5(7)3-2-4-6(8,9)10/h2-3,5H,4H2,1H3. The molecule has 0 spiro atoms. The van der Waals surface area contributed by atoms with E-state index in [-0.39, 0.29) is 5.38 Å². The fourth-order valence-corrected chi connectivity index (χ4v) is 0.759. The van der Waals surface area contributed by atoms with E-state index in [0.29, 0.717) is 6.42 Å². The summed E-state index contributed by atoms with van der Waals surface area (Å²) in [5.41, 5.74) is 0. The van der Waals surface area contributed by atoms with Gasteiger partial charge < -0.3 is 0 Å². The molecule has 0 heterocycles. The minimum atomic E-state index is -1.19. The molecule has 0 bridgehead atoms. The molecule has 0 saturated heterocycles. The SMILES string of the molecule is CC(Cl)C=CCC(Cl)(Cl)Cl. The first kappa shape index (κ1) is 10.9. The number of hydrogen-bond donors (Lipinski definition) is 0. The predicted molar refractivity (Wildman–Crippen MR) is 49.4 cm³/mol. The Balaban J connectivity index is 3.54. The van der Waals surface area contributed by atoms with Crippen LogP contribution in [-0.4, -0.2) is 9.17 Å². The molecule has 0 saturated carbocycles. The zero-order chi connectivity index (χ0) is 8.20. The largest absolute Gasteiger partial charge is 0.194 e. The zero-order valence-electron chi connectivity index (χ0n) is 5.45. The van der Waals surface area contributed by atoms with Crippen LogP contribution in [0, 0.1) is 0 Å². The Morgan fingerprint density at radius 3 is 2.20 bits per heavy atom. The molecule has 1 atom stereocenters. The van der Waals surface area contributed by atoms with Crippen molar-refractivity contribution in [3.05, 3.63) is 12.2 Å². The molecular formula is C6H8Cl4. The number of allylic oxidation sites excluding steroid dienone is 2. The van der Waals surface area contributed by atoms with Gasteiger partial charge in [0.25, 0.3) is 0 Å². The summed E-state index contributed by atoms with van der Waals surface area (Å²) in [5.74, 6) is 0. The van der Waals surface area contributed by atoms with Crippen LogP contribution in [0.2, 0.25) is 0 Å². The first-order valence-electron chi connectivity index (χ1n) is 2.79. The molecule has 0 nitrogen and oxygen atoms in total. The van der Waals surface area contributed by atoms with Gasteiger partial charge in [0, 0.05) is 11.8 Å². The average molecular weight is 222 g/mol. The summed E-state index contributed by atoms with van der Waals surface area (Å²) in [6.07, 6.45) is 3.93. The van der Waals surface area contributed by atoms with Crippen LogP contribution in [-0.2, 0) is 0 Å². The molecule has 0 amide bonds. The van der Waals surface area contributed by atoms with Gasteiger partial charge in [-0.05, 0) is 6.92 Å². The molecule has 0 rings (SSSR count). The Bertz CT molecular complexity index is 111. The van der Waals surface area contributed by atoms with Crippen LogP contribution in [0.4, 0.5) is 0 Å². The van der Waals surface area contributed by atoms with E-state index >= 15 is 0 Å². The fourth-order valence-electron chi connectivity index (χ4n) is 0.389. The second kappa shape index (κ2) is 4.71. The van der Waals surface area contributed by atoms with Gasteiger partial charge in [0.15, 0.2) is 3.79 Å². The van der Waals surface area contributed by atoms with Crippen molar-refractivity contribution in [1.29, 1.82) is 0 Å². The van der Waals surface area contributed by atoms with Gasteiger partial charge in [0.1, 0.15) is 0 Å². The van der Waals surface area contributed by atoms with Gasteiger partial charge >= 0.3 is 0 Å². The molecule has 0 aliphatic carbocycles. The van der Waals surface area contributed by atoms with Crippen LogP contribution in [0.3, 0.4) is 0 Å². The van der Waals surface area contributed by atoms with Crippen molar-refractivity contribution in [2.45, 2.75) is 22.5 Å². The summed E-state index contributed by atoms with van der Waals surface area (Å²) < 4.78 is -1.19. The van der Waals surface area contributed by atoms with E-state index in [9.17, 15) is 0 Å². The van der Waals surface area contributed by atoms with E-state index in [0.717, 1.165) is 0 Å². The van der Waals surface area contributed by atoms with Gasteiger partial charge in [-0.2, -0.15) is 0 Å². The third kappa shape index (κ3) is 8.90. The van der Waals surface area contributed by atoms with E-state index in [1.807, 2.05) is 6.92 Å². The predicted octanol–water partition coefficient (Wildman–Crippen LogP) is 3.93. The highest BCUT2D eigenvalue weighted by Crippen LogP contribution is 2.30. The van der Waals surface area contributed by atoms with E-state index in [2.05, 4.69) is 0 Å².